The third kappa shape index (κ3) is 5.57. The van der Waals surface area contributed by atoms with Crippen LogP contribution in [0.5, 0.6) is 0 Å². The number of amides is 3. The average Bonchev–Trinajstić information content (AvgIpc) is 3.14. The van der Waals surface area contributed by atoms with Crippen molar-refractivity contribution in [2.24, 2.45) is 0 Å². The van der Waals surface area contributed by atoms with Crippen molar-refractivity contribution in [3.05, 3.63) is 68.0 Å². The minimum atomic E-state index is -0.604. The third-order valence-corrected chi connectivity index (χ3v) is 5.61. The van der Waals surface area contributed by atoms with Gasteiger partial charge in [0.05, 0.1) is 16.3 Å². The maximum Gasteiger partial charge on any atom is 0.274 e. The Morgan fingerprint density at radius 2 is 1.85 bits per heavy atom. The van der Waals surface area contributed by atoms with Crippen LogP contribution in [0.4, 0.5) is 5.69 Å². The molecule has 0 bridgehead atoms. The highest BCUT2D eigenvalue weighted by atomic mass is 79.9. The lowest BCUT2D eigenvalue weighted by Gasteiger charge is -2.26. The van der Waals surface area contributed by atoms with Gasteiger partial charge in [-0.15, -0.1) is 0 Å². The van der Waals surface area contributed by atoms with E-state index >= 15 is 0 Å². The van der Waals surface area contributed by atoms with Crippen molar-refractivity contribution in [2.75, 3.05) is 5.32 Å². The Labute approximate surface area is 214 Å². The molecule has 0 aliphatic carbocycles. The molecule has 1 aromatic carbocycles. The molecule has 34 heavy (non-hydrogen) atoms. The van der Waals surface area contributed by atoms with E-state index in [-0.39, 0.29) is 34.7 Å². The van der Waals surface area contributed by atoms with Gasteiger partial charge >= 0.3 is 0 Å². The number of rotatable bonds is 5. The molecule has 0 fully saturated rings. The van der Waals surface area contributed by atoms with Crippen molar-refractivity contribution in [1.29, 1.82) is 0 Å². The molecule has 3 rings (SSSR count). The fraction of sp³-hybridized carbons (Fsp3) is 0.227. The summed E-state index contributed by atoms with van der Waals surface area (Å²) < 4.78 is 1.68. The molecule has 12 heteroatoms. The zero-order chi connectivity index (χ0) is 25.2. The molecule has 2 N–H and O–H groups in total. The Morgan fingerprint density at radius 1 is 1.15 bits per heavy atom. The quantitative estimate of drug-likeness (QED) is 0.430. The van der Waals surface area contributed by atoms with E-state index in [1.54, 1.807) is 39.0 Å². The van der Waals surface area contributed by atoms with Gasteiger partial charge in [0.2, 0.25) is 5.91 Å². The van der Waals surface area contributed by atoms with Crippen molar-refractivity contribution >= 4 is 62.5 Å². The number of hydrogen-bond acceptors (Lipinski definition) is 5. The van der Waals surface area contributed by atoms with Gasteiger partial charge in [0.1, 0.15) is 10.3 Å². The molecule has 3 aromatic rings. The lowest BCUT2D eigenvalue weighted by Crippen LogP contribution is -2.49. The van der Waals surface area contributed by atoms with E-state index in [9.17, 15) is 14.4 Å². The standard InChI is InChI=1S/C22H21BrCl2N6O3/c1-11(2)30(13(4)32)29-21(33)15-9-14(24)8-12(3)19(15)27-22(34)17-10-18(23)28-31(17)20-16(25)6-5-7-26-20/h5-11H,1-4H3,(H,27,34)(H,29,33). The SMILES string of the molecule is CC(=O)N(NC(=O)c1cc(Cl)cc(C)c1NC(=O)c1cc(Br)nn1-c1ncccc1Cl)C(C)C. The fourth-order valence-electron chi connectivity index (χ4n) is 3.22. The number of anilines is 1. The Kier molecular flexibility index (Phi) is 7.96. The maximum absolute atomic E-state index is 13.3. The molecule has 0 atom stereocenters. The number of hydrogen-bond donors (Lipinski definition) is 2. The van der Waals surface area contributed by atoms with Gasteiger partial charge in [-0.2, -0.15) is 5.10 Å². The lowest BCUT2D eigenvalue weighted by molar-refractivity contribution is -0.133. The zero-order valence-electron chi connectivity index (χ0n) is 18.7. The molecule has 3 amide bonds. The van der Waals surface area contributed by atoms with Crippen molar-refractivity contribution in [3.8, 4) is 5.82 Å². The van der Waals surface area contributed by atoms with Gasteiger partial charge in [0, 0.05) is 30.3 Å². The van der Waals surface area contributed by atoms with E-state index < -0.39 is 11.8 Å². The van der Waals surface area contributed by atoms with Crippen LogP contribution in [0.2, 0.25) is 10.0 Å². The van der Waals surface area contributed by atoms with Crippen LogP contribution in [0, 0.1) is 6.92 Å². The molecular weight excluding hydrogens is 547 g/mol. The summed E-state index contributed by atoms with van der Waals surface area (Å²) in [6.07, 6.45) is 1.53. The smallest absolute Gasteiger partial charge is 0.274 e. The Morgan fingerprint density at radius 3 is 2.47 bits per heavy atom. The van der Waals surface area contributed by atoms with Gasteiger partial charge in [-0.3, -0.25) is 24.8 Å². The monoisotopic (exact) mass is 566 g/mol. The van der Waals surface area contributed by atoms with E-state index in [4.69, 9.17) is 23.2 Å². The minimum absolute atomic E-state index is 0.0891. The van der Waals surface area contributed by atoms with Crippen LogP contribution in [0.3, 0.4) is 0 Å². The van der Waals surface area contributed by atoms with Crippen molar-refractivity contribution in [2.45, 2.75) is 33.7 Å². The molecule has 0 saturated carbocycles. The average molecular weight is 568 g/mol. The number of carbonyl (C=O) groups is 3. The number of aromatic nitrogens is 3. The molecular formula is C22H21BrCl2N6O3. The molecule has 0 unspecified atom stereocenters. The van der Waals surface area contributed by atoms with Crippen LogP contribution in [0.25, 0.3) is 5.82 Å². The van der Waals surface area contributed by atoms with Gasteiger partial charge in [-0.1, -0.05) is 23.2 Å². The molecule has 0 aliphatic heterocycles. The number of hydrazine groups is 1. The topological polar surface area (TPSA) is 109 Å². The first-order valence-electron chi connectivity index (χ1n) is 10.1. The van der Waals surface area contributed by atoms with Gasteiger partial charge in [-0.05, 0) is 66.5 Å². The number of aryl methyl sites for hydroxylation is 1. The summed E-state index contributed by atoms with van der Waals surface area (Å²) in [5, 5.41) is 8.81. The first-order valence-corrected chi connectivity index (χ1v) is 11.6. The number of halogens is 3. The fourth-order valence-corrected chi connectivity index (χ4v) is 4.07. The predicted molar refractivity (Wildman–Crippen MR) is 133 cm³/mol. The summed E-state index contributed by atoms with van der Waals surface area (Å²) in [6.45, 7) is 6.56. The van der Waals surface area contributed by atoms with Gasteiger partial charge in [0.15, 0.2) is 5.82 Å². The lowest BCUT2D eigenvalue weighted by atomic mass is 10.1. The molecule has 2 aromatic heterocycles. The van der Waals surface area contributed by atoms with Gasteiger partial charge in [0.25, 0.3) is 11.8 Å². The second-order valence-corrected chi connectivity index (χ2v) is 9.25. The van der Waals surface area contributed by atoms with Crippen molar-refractivity contribution in [1.82, 2.24) is 25.2 Å². The van der Waals surface area contributed by atoms with Crippen LogP contribution in [0.1, 0.15) is 47.2 Å². The molecule has 0 spiro atoms. The summed E-state index contributed by atoms with van der Waals surface area (Å²) in [5.41, 5.74) is 3.56. The van der Waals surface area contributed by atoms with Crippen molar-refractivity contribution in [3.63, 3.8) is 0 Å². The Hall–Kier alpha value is -2.95. The Balaban J connectivity index is 2.00. The molecule has 2 heterocycles. The van der Waals surface area contributed by atoms with Crippen LogP contribution < -0.4 is 10.7 Å². The normalized spacial score (nSPS) is 10.8. The summed E-state index contributed by atoms with van der Waals surface area (Å²) in [7, 11) is 0. The van der Waals surface area contributed by atoms with Gasteiger partial charge < -0.3 is 5.32 Å². The highest BCUT2D eigenvalue weighted by Crippen LogP contribution is 2.28. The van der Waals surface area contributed by atoms with Crippen LogP contribution in [-0.2, 0) is 4.79 Å². The second kappa shape index (κ2) is 10.5. The molecule has 178 valence electrons. The molecule has 9 nitrogen and oxygen atoms in total. The van der Waals surface area contributed by atoms with E-state index in [0.29, 0.717) is 20.2 Å². The largest absolute Gasteiger partial charge is 0.320 e. The highest BCUT2D eigenvalue weighted by Gasteiger charge is 2.24. The van der Waals surface area contributed by atoms with Crippen molar-refractivity contribution < 1.29 is 14.4 Å². The van der Waals surface area contributed by atoms with E-state index in [2.05, 4.69) is 36.8 Å². The van der Waals surface area contributed by atoms with E-state index in [0.717, 1.165) is 0 Å². The molecule has 0 radical (unpaired) electrons. The third-order valence-electron chi connectivity index (χ3n) is 4.71. The number of benzene rings is 1. The molecule has 0 saturated heterocycles. The molecule has 0 aliphatic rings. The first kappa shape index (κ1) is 25.7. The maximum atomic E-state index is 13.3. The summed E-state index contributed by atoms with van der Waals surface area (Å²) in [6, 6.07) is 7.54. The predicted octanol–water partition coefficient (Wildman–Crippen LogP) is 4.80. The van der Waals surface area contributed by atoms with E-state index in [1.165, 1.54) is 34.9 Å². The summed E-state index contributed by atoms with van der Waals surface area (Å²) >= 11 is 15.7. The number of nitrogens with one attached hydrogen (secondary N) is 2. The summed E-state index contributed by atoms with van der Waals surface area (Å²) in [5.74, 6) is -1.24. The van der Waals surface area contributed by atoms with E-state index in [1.807, 2.05) is 0 Å². The second-order valence-electron chi connectivity index (χ2n) is 7.60. The van der Waals surface area contributed by atoms with Crippen LogP contribution in [0.15, 0.2) is 41.1 Å². The number of nitrogens with zero attached hydrogens (tertiary/aromatic N) is 4. The number of pyridine rings is 1. The van der Waals surface area contributed by atoms with Crippen LogP contribution in [-0.4, -0.2) is 43.5 Å². The number of carbonyl (C=O) groups excluding carboxylic acids is 3. The highest BCUT2D eigenvalue weighted by molar-refractivity contribution is 9.10. The first-order chi connectivity index (χ1) is 16.0. The van der Waals surface area contributed by atoms with Crippen LogP contribution >= 0.6 is 39.1 Å². The van der Waals surface area contributed by atoms with Gasteiger partial charge in [-0.25, -0.2) is 9.67 Å². The zero-order valence-corrected chi connectivity index (χ0v) is 21.8. The Bertz CT molecular complexity index is 1280. The summed E-state index contributed by atoms with van der Waals surface area (Å²) in [4.78, 5) is 42.5. The minimum Gasteiger partial charge on any atom is -0.320 e.